The fraction of sp³-hybridized carbons (Fsp3) is 0.111. The number of nitrogens with zero attached hydrogens (tertiary/aromatic N) is 1. The number of carboxylic acids is 1. The van der Waals surface area contributed by atoms with Gasteiger partial charge in [-0.05, 0) is 0 Å². The minimum absolute atomic E-state index is 0.0769. The van der Waals surface area contributed by atoms with E-state index >= 15 is 0 Å². The summed E-state index contributed by atoms with van der Waals surface area (Å²) >= 11 is 0. The summed E-state index contributed by atoms with van der Waals surface area (Å²) in [6.07, 6.45) is 4.20. The number of carboxylic acid groups (broad SMARTS) is 1. The lowest BCUT2D eigenvalue weighted by atomic mass is 10.2. The van der Waals surface area contributed by atoms with Crippen LogP contribution in [0.5, 0.6) is 5.95 Å². The quantitative estimate of drug-likeness (QED) is 0.782. The van der Waals surface area contributed by atoms with E-state index in [0.717, 1.165) is 0 Å². The molecule has 72 valence electrons. The highest BCUT2D eigenvalue weighted by Gasteiger charge is 2.16. The predicted molar refractivity (Wildman–Crippen MR) is 47.5 cm³/mol. The Bertz CT molecular complexity index is 489. The smallest absolute Gasteiger partial charge is 0.338 e. The van der Waals surface area contributed by atoms with Gasteiger partial charge < -0.3 is 14.3 Å². The molecule has 14 heavy (non-hydrogen) atoms. The summed E-state index contributed by atoms with van der Waals surface area (Å²) in [5.41, 5.74) is 0.0769. The molecule has 0 radical (unpaired) electrons. The molecule has 0 unspecified atom stereocenters. The first-order valence-corrected chi connectivity index (χ1v) is 3.86. The van der Waals surface area contributed by atoms with E-state index in [-0.39, 0.29) is 11.5 Å². The van der Waals surface area contributed by atoms with Crippen LogP contribution >= 0.6 is 0 Å². The molecule has 0 atom stereocenters. The standard InChI is InChI=1S/C9H7NO4/c1-13-9-7-5(4-14-9)2-10-3-6(7)8(11)12/h2-4H,1H3,(H,11,12). The van der Waals surface area contributed by atoms with Crippen molar-refractivity contribution in [2.75, 3.05) is 7.11 Å². The Kier molecular flexibility index (Phi) is 1.85. The van der Waals surface area contributed by atoms with Crippen molar-refractivity contribution in [3.8, 4) is 5.95 Å². The van der Waals surface area contributed by atoms with Gasteiger partial charge >= 0.3 is 5.97 Å². The Morgan fingerprint density at radius 1 is 1.57 bits per heavy atom. The Hall–Kier alpha value is -2.04. The van der Waals surface area contributed by atoms with E-state index in [0.29, 0.717) is 10.8 Å². The van der Waals surface area contributed by atoms with Gasteiger partial charge in [0.2, 0.25) is 0 Å². The summed E-state index contributed by atoms with van der Waals surface area (Å²) in [6.45, 7) is 0. The van der Waals surface area contributed by atoms with Gasteiger partial charge in [-0.25, -0.2) is 4.79 Å². The number of aromatic carboxylic acids is 1. The van der Waals surface area contributed by atoms with Crippen molar-refractivity contribution < 1.29 is 19.1 Å². The average molecular weight is 193 g/mol. The highest BCUT2D eigenvalue weighted by molar-refractivity contribution is 6.05. The van der Waals surface area contributed by atoms with Crippen molar-refractivity contribution >= 4 is 16.7 Å². The first-order valence-electron chi connectivity index (χ1n) is 3.86. The van der Waals surface area contributed by atoms with Crippen molar-refractivity contribution in [3.05, 3.63) is 24.2 Å². The van der Waals surface area contributed by atoms with Crippen molar-refractivity contribution in [2.24, 2.45) is 0 Å². The third-order valence-corrected chi connectivity index (χ3v) is 1.89. The second-order valence-electron chi connectivity index (χ2n) is 2.68. The Balaban J connectivity index is 2.81. The number of methoxy groups -OCH3 is 1. The summed E-state index contributed by atoms with van der Waals surface area (Å²) in [5.74, 6) is -0.859. The van der Waals surface area contributed by atoms with Gasteiger partial charge in [0.25, 0.3) is 5.95 Å². The van der Waals surface area contributed by atoms with Crippen LogP contribution in [0.15, 0.2) is 23.1 Å². The number of furan rings is 1. The zero-order valence-corrected chi connectivity index (χ0v) is 7.35. The van der Waals surface area contributed by atoms with E-state index < -0.39 is 5.97 Å². The van der Waals surface area contributed by atoms with Crippen LogP contribution in [0.25, 0.3) is 10.8 Å². The van der Waals surface area contributed by atoms with Gasteiger partial charge in [-0.1, -0.05) is 0 Å². The van der Waals surface area contributed by atoms with Gasteiger partial charge in [0.05, 0.1) is 18.1 Å². The molecule has 0 spiro atoms. The van der Waals surface area contributed by atoms with Crippen molar-refractivity contribution in [2.45, 2.75) is 0 Å². The molecule has 0 saturated carbocycles. The van der Waals surface area contributed by atoms with Crippen LogP contribution in [-0.2, 0) is 0 Å². The molecule has 0 aliphatic carbocycles. The minimum atomic E-state index is -1.05. The van der Waals surface area contributed by atoms with Gasteiger partial charge in [-0.2, -0.15) is 0 Å². The number of pyridine rings is 1. The molecule has 0 amide bonds. The maximum Gasteiger partial charge on any atom is 0.338 e. The van der Waals surface area contributed by atoms with Crippen molar-refractivity contribution in [3.63, 3.8) is 0 Å². The maximum atomic E-state index is 10.8. The number of hydrogen-bond donors (Lipinski definition) is 1. The zero-order chi connectivity index (χ0) is 10.1. The number of ether oxygens (including phenoxy) is 1. The zero-order valence-electron chi connectivity index (χ0n) is 7.35. The van der Waals surface area contributed by atoms with Crippen LogP contribution in [0.2, 0.25) is 0 Å². The highest BCUT2D eigenvalue weighted by atomic mass is 16.6. The molecule has 5 heteroatoms. The summed E-state index contributed by atoms with van der Waals surface area (Å²) in [7, 11) is 1.42. The lowest BCUT2D eigenvalue weighted by Gasteiger charge is -1.97. The van der Waals surface area contributed by atoms with Crippen LogP contribution < -0.4 is 4.74 Å². The molecule has 2 aromatic rings. The molecule has 0 fully saturated rings. The molecule has 5 nitrogen and oxygen atoms in total. The number of aromatic nitrogens is 1. The van der Waals surface area contributed by atoms with Crippen LogP contribution in [0, 0.1) is 0 Å². The number of hydrogen-bond acceptors (Lipinski definition) is 4. The summed E-state index contributed by atoms with van der Waals surface area (Å²) in [5, 5.41) is 9.94. The molecule has 2 rings (SSSR count). The topological polar surface area (TPSA) is 72.6 Å². The number of carbonyl (C=O) groups is 1. The Morgan fingerprint density at radius 3 is 3.00 bits per heavy atom. The van der Waals surface area contributed by atoms with Gasteiger partial charge in [0, 0.05) is 17.8 Å². The van der Waals surface area contributed by atoms with Crippen molar-refractivity contribution in [1.82, 2.24) is 4.98 Å². The summed E-state index contributed by atoms with van der Waals surface area (Å²) in [6, 6.07) is 0. The second kappa shape index (κ2) is 3.02. The van der Waals surface area contributed by atoms with Crippen LogP contribution in [0.1, 0.15) is 10.4 Å². The van der Waals surface area contributed by atoms with Gasteiger partial charge in [0.1, 0.15) is 6.26 Å². The van der Waals surface area contributed by atoms with Gasteiger partial charge in [-0.3, -0.25) is 4.98 Å². The van der Waals surface area contributed by atoms with E-state index in [2.05, 4.69) is 4.98 Å². The predicted octanol–water partition coefficient (Wildman–Crippen LogP) is 1.53. The number of fused-ring (bicyclic) bond motifs is 1. The largest absolute Gasteiger partial charge is 0.478 e. The van der Waals surface area contributed by atoms with Gasteiger partial charge in [-0.15, -0.1) is 0 Å². The van der Waals surface area contributed by atoms with E-state index in [1.54, 1.807) is 0 Å². The van der Waals surface area contributed by atoms with Crippen LogP contribution in [0.3, 0.4) is 0 Å². The fourth-order valence-corrected chi connectivity index (χ4v) is 1.28. The Morgan fingerprint density at radius 2 is 2.36 bits per heavy atom. The number of rotatable bonds is 2. The van der Waals surface area contributed by atoms with Crippen molar-refractivity contribution in [1.29, 1.82) is 0 Å². The molecule has 2 aromatic heterocycles. The minimum Gasteiger partial charge on any atom is -0.478 e. The van der Waals surface area contributed by atoms with E-state index in [4.69, 9.17) is 14.3 Å². The molecular formula is C9H7NO4. The maximum absolute atomic E-state index is 10.8. The molecular weight excluding hydrogens is 186 g/mol. The molecule has 0 bridgehead atoms. The lowest BCUT2D eigenvalue weighted by molar-refractivity contribution is 0.0698. The third kappa shape index (κ3) is 1.10. The SMILES string of the molecule is COc1occ2cncc(C(=O)O)c12. The van der Waals surface area contributed by atoms with Crippen LogP contribution in [0.4, 0.5) is 0 Å². The molecule has 0 saturated heterocycles. The first kappa shape index (κ1) is 8.55. The van der Waals surface area contributed by atoms with Crippen LogP contribution in [-0.4, -0.2) is 23.2 Å². The van der Waals surface area contributed by atoms with E-state index in [9.17, 15) is 4.79 Å². The fourth-order valence-electron chi connectivity index (χ4n) is 1.28. The Labute approximate surface area is 78.9 Å². The summed E-state index contributed by atoms with van der Waals surface area (Å²) < 4.78 is 9.93. The second-order valence-corrected chi connectivity index (χ2v) is 2.68. The third-order valence-electron chi connectivity index (χ3n) is 1.89. The molecule has 0 aliphatic heterocycles. The summed E-state index contributed by atoms with van der Waals surface area (Å²) in [4.78, 5) is 14.6. The normalized spacial score (nSPS) is 10.4. The molecule has 0 aliphatic rings. The monoisotopic (exact) mass is 193 g/mol. The van der Waals surface area contributed by atoms with E-state index in [1.165, 1.54) is 25.8 Å². The molecule has 0 aromatic carbocycles. The average Bonchev–Trinajstić information content (AvgIpc) is 2.59. The molecule has 2 heterocycles. The lowest BCUT2D eigenvalue weighted by Crippen LogP contribution is -1.98. The highest BCUT2D eigenvalue weighted by Crippen LogP contribution is 2.29. The first-order chi connectivity index (χ1) is 6.74. The molecule has 1 N–H and O–H groups in total. The van der Waals surface area contributed by atoms with E-state index in [1.807, 2.05) is 0 Å². The van der Waals surface area contributed by atoms with Gasteiger partial charge in [0.15, 0.2) is 0 Å².